The van der Waals surface area contributed by atoms with E-state index < -0.39 is 0 Å². The van der Waals surface area contributed by atoms with E-state index in [-0.39, 0.29) is 12.1 Å². The van der Waals surface area contributed by atoms with Gasteiger partial charge >= 0.3 is 0 Å². The van der Waals surface area contributed by atoms with Crippen molar-refractivity contribution in [2.75, 3.05) is 0 Å². The maximum atomic E-state index is 9.24. The highest BCUT2D eigenvalue weighted by atomic mass is 14.9. The molecule has 2 atom stereocenters. The molecule has 3 nitrogen and oxygen atoms in total. The van der Waals surface area contributed by atoms with E-state index in [0.29, 0.717) is 0 Å². The number of hydrogen-bond acceptors (Lipinski definition) is 3. The van der Waals surface area contributed by atoms with Crippen LogP contribution in [0.2, 0.25) is 0 Å². The number of aromatic nitrogens is 1. The fraction of sp³-hybridized carbons (Fsp3) is 0.200. The van der Waals surface area contributed by atoms with Crippen LogP contribution in [0.1, 0.15) is 30.1 Å². The predicted octanol–water partition coefficient (Wildman–Crippen LogP) is 3.00. The van der Waals surface area contributed by atoms with E-state index in [0.717, 1.165) is 5.56 Å². The minimum absolute atomic E-state index is 0.129. The summed E-state index contributed by atoms with van der Waals surface area (Å²) in [6, 6.07) is 15.9. The lowest BCUT2D eigenvalue weighted by molar-refractivity contribution is 0.533. The Hall–Kier alpha value is -2.18. The topological polar surface area (TPSA) is 48.7 Å². The van der Waals surface area contributed by atoms with Crippen molar-refractivity contribution in [2.45, 2.75) is 19.0 Å². The third kappa shape index (κ3) is 2.93. The number of nitrogens with zero attached hydrogens (tertiary/aromatic N) is 2. The summed E-state index contributed by atoms with van der Waals surface area (Å²) in [5.41, 5.74) is 2.11. The van der Waals surface area contributed by atoms with E-state index in [1.54, 1.807) is 12.4 Å². The van der Waals surface area contributed by atoms with E-state index in [2.05, 4.69) is 35.4 Å². The van der Waals surface area contributed by atoms with Crippen molar-refractivity contribution < 1.29 is 0 Å². The van der Waals surface area contributed by atoms with Crippen LogP contribution in [-0.4, -0.2) is 4.98 Å². The quantitative estimate of drug-likeness (QED) is 0.889. The first-order valence-electron chi connectivity index (χ1n) is 5.92. The largest absolute Gasteiger partial charge is 0.292 e. The lowest BCUT2D eigenvalue weighted by Crippen LogP contribution is -2.23. The first-order valence-corrected chi connectivity index (χ1v) is 5.92. The molecule has 0 saturated heterocycles. The Labute approximate surface area is 107 Å². The molecule has 0 unspecified atom stereocenters. The minimum atomic E-state index is -0.316. The zero-order valence-corrected chi connectivity index (χ0v) is 10.2. The Balaban J connectivity index is 2.11. The molecule has 0 bridgehead atoms. The molecule has 90 valence electrons. The molecule has 0 aliphatic carbocycles. The average Bonchev–Trinajstić information content (AvgIpc) is 2.46. The van der Waals surface area contributed by atoms with Crippen LogP contribution >= 0.6 is 0 Å². The van der Waals surface area contributed by atoms with Crippen molar-refractivity contribution in [1.29, 1.82) is 5.26 Å². The van der Waals surface area contributed by atoms with Gasteiger partial charge in [0.1, 0.15) is 6.04 Å². The van der Waals surface area contributed by atoms with Crippen molar-refractivity contribution in [3.05, 3.63) is 66.0 Å². The summed E-state index contributed by atoms with van der Waals surface area (Å²) in [5.74, 6) is 0. The molecule has 0 radical (unpaired) electrons. The number of rotatable bonds is 4. The molecule has 0 spiro atoms. The Bertz CT molecular complexity index is 516. The van der Waals surface area contributed by atoms with E-state index in [1.807, 2.05) is 30.3 Å². The number of pyridine rings is 1. The highest BCUT2D eigenvalue weighted by Gasteiger charge is 2.14. The fourth-order valence-corrected chi connectivity index (χ4v) is 1.85. The third-order valence-electron chi connectivity index (χ3n) is 2.88. The van der Waals surface area contributed by atoms with Gasteiger partial charge in [0, 0.05) is 18.4 Å². The molecule has 0 amide bonds. The number of hydrogen-bond donors (Lipinski definition) is 1. The van der Waals surface area contributed by atoms with Gasteiger partial charge in [0.05, 0.1) is 6.07 Å². The first kappa shape index (κ1) is 12.3. The standard InChI is InChI=1S/C15H15N3/c1-12(13-5-3-2-4-6-13)18-15(11-16)14-7-9-17-10-8-14/h2-10,12,15,18H,1H3/t12-,15+/m1/s1. The molecule has 3 heteroatoms. The molecule has 0 saturated carbocycles. The van der Waals surface area contributed by atoms with Crippen LogP contribution in [0.25, 0.3) is 0 Å². The Morgan fingerprint density at radius 1 is 1.06 bits per heavy atom. The zero-order valence-electron chi connectivity index (χ0n) is 10.2. The van der Waals surface area contributed by atoms with E-state index in [4.69, 9.17) is 0 Å². The van der Waals surface area contributed by atoms with Crippen LogP contribution in [0, 0.1) is 11.3 Å². The van der Waals surface area contributed by atoms with Crippen LogP contribution in [0.4, 0.5) is 0 Å². The van der Waals surface area contributed by atoms with Crippen molar-refractivity contribution in [2.24, 2.45) is 0 Å². The maximum Gasteiger partial charge on any atom is 0.121 e. The Morgan fingerprint density at radius 3 is 2.33 bits per heavy atom. The van der Waals surface area contributed by atoms with Crippen LogP contribution < -0.4 is 5.32 Å². The van der Waals surface area contributed by atoms with E-state index in [9.17, 15) is 5.26 Å². The van der Waals surface area contributed by atoms with Gasteiger partial charge in [0.2, 0.25) is 0 Å². The molecular formula is C15H15N3. The highest BCUT2D eigenvalue weighted by Crippen LogP contribution is 2.18. The van der Waals surface area contributed by atoms with Crippen LogP contribution in [0.15, 0.2) is 54.9 Å². The second-order valence-corrected chi connectivity index (χ2v) is 4.14. The van der Waals surface area contributed by atoms with Crippen LogP contribution in [0.3, 0.4) is 0 Å². The van der Waals surface area contributed by atoms with Crippen LogP contribution in [-0.2, 0) is 0 Å². The summed E-state index contributed by atoms with van der Waals surface area (Å²) in [6.45, 7) is 2.06. The van der Waals surface area contributed by atoms with Gasteiger partial charge in [-0.3, -0.25) is 10.3 Å². The van der Waals surface area contributed by atoms with Gasteiger partial charge in [0.25, 0.3) is 0 Å². The van der Waals surface area contributed by atoms with Crippen molar-refractivity contribution in [3.63, 3.8) is 0 Å². The summed E-state index contributed by atoms with van der Waals surface area (Å²) in [4.78, 5) is 3.96. The second kappa shape index (κ2) is 5.95. The summed E-state index contributed by atoms with van der Waals surface area (Å²) in [7, 11) is 0. The molecule has 1 aromatic heterocycles. The SMILES string of the molecule is C[C@@H](N[C@@H](C#N)c1ccncc1)c1ccccc1. The molecule has 0 aliphatic rings. The van der Waals surface area contributed by atoms with Gasteiger partial charge in [-0.15, -0.1) is 0 Å². The molecular weight excluding hydrogens is 222 g/mol. The number of benzene rings is 1. The molecule has 1 heterocycles. The molecule has 1 aromatic carbocycles. The molecule has 0 fully saturated rings. The lowest BCUT2D eigenvalue weighted by atomic mass is 10.1. The van der Waals surface area contributed by atoms with Gasteiger partial charge < -0.3 is 0 Å². The molecule has 18 heavy (non-hydrogen) atoms. The third-order valence-corrected chi connectivity index (χ3v) is 2.88. The van der Waals surface area contributed by atoms with Gasteiger partial charge in [-0.25, -0.2) is 0 Å². The summed E-state index contributed by atoms with van der Waals surface area (Å²) in [5, 5.41) is 12.6. The van der Waals surface area contributed by atoms with Gasteiger partial charge in [-0.1, -0.05) is 30.3 Å². The van der Waals surface area contributed by atoms with Gasteiger partial charge in [-0.05, 0) is 30.2 Å². The second-order valence-electron chi connectivity index (χ2n) is 4.14. The van der Waals surface area contributed by atoms with E-state index >= 15 is 0 Å². The smallest absolute Gasteiger partial charge is 0.121 e. The monoisotopic (exact) mass is 237 g/mol. The van der Waals surface area contributed by atoms with Gasteiger partial charge in [0.15, 0.2) is 0 Å². The molecule has 1 N–H and O–H groups in total. The number of nitrogens with one attached hydrogen (secondary N) is 1. The lowest BCUT2D eigenvalue weighted by Gasteiger charge is -2.18. The predicted molar refractivity (Wildman–Crippen MR) is 70.6 cm³/mol. The average molecular weight is 237 g/mol. The van der Waals surface area contributed by atoms with Crippen molar-refractivity contribution >= 4 is 0 Å². The number of nitriles is 1. The molecule has 2 rings (SSSR count). The molecule has 2 aromatic rings. The maximum absolute atomic E-state index is 9.24. The zero-order chi connectivity index (χ0) is 12.8. The van der Waals surface area contributed by atoms with E-state index in [1.165, 1.54) is 5.56 Å². The summed E-state index contributed by atoms with van der Waals surface area (Å²) >= 11 is 0. The highest BCUT2D eigenvalue weighted by molar-refractivity contribution is 5.24. The van der Waals surface area contributed by atoms with Crippen molar-refractivity contribution in [3.8, 4) is 6.07 Å². The van der Waals surface area contributed by atoms with Gasteiger partial charge in [-0.2, -0.15) is 5.26 Å². The summed E-state index contributed by atoms with van der Waals surface area (Å²) in [6.07, 6.45) is 3.41. The Morgan fingerprint density at radius 2 is 1.72 bits per heavy atom. The van der Waals surface area contributed by atoms with Crippen LogP contribution in [0.5, 0.6) is 0 Å². The minimum Gasteiger partial charge on any atom is -0.292 e. The fourth-order valence-electron chi connectivity index (χ4n) is 1.85. The van der Waals surface area contributed by atoms with Crippen molar-refractivity contribution in [1.82, 2.24) is 10.3 Å². The molecule has 0 aliphatic heterocycles. The summed E-state index contributed by atoms with van der Waals surface area (Å²) < 4.78 is 0. The Kier molecular flexibility index (Phi) is 4.06. The first-order chi connectivity index (χ1) is 8.81. The normalized spacial score (nSPS) is 13.6.